The maximum absolute atomic E-state index is 3.80. The molecule has 0 unspecified atom stereocenters. The lowest BCUT2D eigenvalue weighted by molar-refractivity contribution is 0.555. The van der Waals surface area contributed by atoms with Crippen LogP contribution in [0, 0.1) is 0 Å². The summed E-state index contributed by atoms with van der Waals surface area (Å²) in [5, 5.41) is 0. The second-order valence-corrected chi connectivity index (χ2v) is 3.33. The van der Waals surface area contributed by atoms with Crippen LogP contribution in [0.25, 0.3) is 0 Å². The average Bonchev–Trinajstić information content (AvgIpc) is 2.02. The van der Waals surface area contributed by atoms with Crippen molar-refractivity contribution in [3.05, 3.63) is 24.4 Å². The summed E-state index contributed by atoms with van der Waals surface area (Å²) in [6.45, 7) is 6.02. The molecule has 0 aromatic rings. The first kappa shape index (κ1) is 11.3. The van der Waals surface area contributed by atoms with E-state index in [2.05, 4.69) is 24.6 Å². The molecule has 0 saturated heterocycles. The van der Waals surface area contributed by atoms with Crippen LogP contribution in [0.4, 0.5) is 0 Å². The highest BCUT2D eigenvalue weighted by Gasteiger charge is 1.92. The molecule has 0 heterocycles. The minimum atomic E-state index is 1.16. The molecule has 0 bridgehead atoms. The molecule has 0 radical (unpaired) electrons. The van der Waals surface area contributed by atoms with Crippen LogP contribution < -0.4 is 0 Å². The molecule has 0 amide bonds. The van der Waals surface area contributed by atoms with Crippen molar-refractivity contribution in [2.24, 2.45) is 0 Å². The van der Waals surface area contributed by atoms with Crippen molar-refractivity contribution in [2.75, 3.05) is 14.1 Å². The minimum absolute atomic E-state index is 1.16. The highest BCUT2D eigenvalue weighted by atomic mass is 15.0. The van der Waals surface area contributed by atoms with E-state index in [4.69, 9.17) is 0 Å². The fraction of sp³-hybridized carbons (Fsp3) is 0.636. The molecule has 0 aliphatic heterocycles. The maximum atomic E-state index is 3.80. The van der Waals surface area contributed by atoms with Crippen LogP contribution >= 0.6 is 0 Å². The number of hydrogen-bond donors (Lipinski definition) is 0. The van der Waals surface area contributed by atoms with Crippen molar-refractivity contribution in [1.82, 2.24) is 4.90 Å². The van der Waals surface area contributed by atoms with E-state index < -0.39 is 0 Å². The number of unbranched alkanes of at least 4 members (excludes halogenated alkanes) is 2. The summed E-state index contributed by atoms with van der Waals surface area (Å²) in [5.41, 5.74) is 1.34. The molecule has 0 aromatic carbocycles. The zero-order chi connectivity index (χ0) is 9.40. The number of nitrogens with zero attached hydrogens (tertiary/aromatic N) is 1. The summed E-state index contributed by atoms with van der Waals surface area (Å²) in [7, 11) is 4.09. The highest BCUT2D eigenvalue weighted by molar-refractivity contribution is 5.14. The third kappa shape index (κ3) is 6.02. The molecule has 0 fully saturated rings. The van der Waals surface area contributed by atoms with Crippen LogP contribution in [0.1, 0.15) is 32.6 Å². The Labute approximate surface area is 76.8 Å². The van der Waals surface area contributed by atoms with Gasteiger partial charge in [-0.15, -0.1) is 0 Å². The summed E-state index contributed by atoms with van der Waals surface area (Å²) in [5.74, 6) is 0. The Bertz CT molecular complexity index is 145. The largest absolute Gasteiger partial charge is 0.383 e. The first-order valence-electron chi connectivity index (χ1n) is 4.70. The molecule has 0 N–H and O–H groups in total. The molecule has 0 aliphatic carbocycles. The van der Waals surface area contributed by atoms with Crippen molar-refractivity contribution >= 4 is 0 Å². The maximum Gasteiger partial charge on any atom is 0.00557 e. The van der Waals surface area contributed by atoms with Crippen molar-refractivity contribution in [1.29, 1.82) is 0 Å². The topological polar surface area (TPSA) is 3.24 Å². The van der Waals surface area contributed by atoms with Crippen LogP contribution in [-0.2, 0) is 0 Å². The zero-order valence-electron chi connectivity index (χ0n) is 8.64. The lowest BCUT2D eigenvalue weighted by atomic mass is 10.1. The second kappa shape index (κ2) is 6.96. The lowest BCUT2D eigenvalue weighted by Crippen LogP contribution is -2.02. The highest BCUT2D eigenvalue weighted by Crippen LogP contribution is 2.09. The Morgan fingerprint density at radius 3 is 2.42 bits per heavy atom. The smallest absolute Gasteiger partial charge is 0.00557 e. The standard InChI is InChI=1S/C11H21N/c1-5-7-8-9-11(6-2)10-12(3)4/h6,10H,2,5,7-9H2,1,3-4H3/b11-10+. The van der Waals surface area contributed by atoms with E-state index in [1.807, 2.05) is 20.2 Å². The molecule has 12 heavy (non-hydrogen) atoms. The summed E-state index contributed by atoms with van der Waals surface area (Å²) >= 11 is 0. The third-order valence-electron chi connectivity index (χ3n) is 1.76. The quantitative estimate of drug-likeness (QED) is 0.434. The molecule has 0 aliphatic rings. The zero-order valence-corrected chi connectivity index (χ0v) is 8.64. The summed E-state index contributed by atoms with van der Waals surface area (Å²) in [4.78, 5) is 2.07. The third-order valence-corrected chi connectivity index (χ3v) is 1.76. The Morgan fingerprint density at radius 1 is 1.33 bits per heavy atom. The molecule has 70 valence electrons. The average molecular weight is 167 g/mol. The SMILES string of the molecule is C=C/C(=C\N(C)C)CCCCC. The van der Waals surface area contributed by atoms with Crippen LogP contribution in [0.15, 0.2) is 24.4 Å². The van der Waals surface area contributed by atoms with Gasteiger partial charge >= 0.3 is 0 Å². The van der Waals surface area contributed by atoms with Gasteiger partial charge in [0.1, 0.15) is 0 Å². The van der Waals surface area contributed by atoms with Crippen LogP contribution in [0.5, 0.6) is 0 Å². The Kier molecular flexibility index (Phi) is 6.54. The van der Waals surface area contributed by atoms with Crippen molar-refractivity contribution in [3.8, 4) is 0 Å². The van der Waals surface area contributed by atoms with E-state index in [0.29, 0.717) is 0 Å². The van der Waals surface area contributed by atoms with E-state index in [1.165, 1.54) is 24.8 Å². The normalized spacial score (nSPS) is 11.4. The predicted octanol–water partition coefficient (Wildman–Crippen LogP) is 3.20. The number of rotatable bonds is 6. The van der Waals surface area contributed by atoms with Gasteiger partial charge in [-0.3, -0.25) is 0 Å². The number of allylic oxidation sites excluding steroid dienone is 2. The van der Waals surface area contributed by atoms with Gasteiger partial charge in [0.05, 0.1) is 0 Å². The molecule has 0 aromatic heterocycles. The van der Waals surface area contributed by atoms with E-state index in [9.17, 15) is 0 Å². The van der Waals surface area contributed by atoms with Crippen molar-refractivity contribution in [3.63, 3.8) is 0 Å². The first-order chi connectivity index (χ1) is 5.70. The molecular formula is C11H21N. The Hall–Kier alpha value is -0.720. The number of hydrogen-bond acceptors (Lipinski definition) is 1. The Balaban J connectivity index is 3.75. The molecule has 0 atom stereocenters. The van der Waals surface area contributed by atoms with Gasteiger partial charge in [0.25, 0.3) is 0 Å². The molecule has 0 saturated carbocycles. The molecule has 1 heteroatoms. The molecule has 1 nitrogen and oxygen atoms in total. The van der Waals surface area contributed by atoms with Crippen molar-refractivity contribution in [2.45, 2.75) is 32.6 Å². The monoisotopic (exact) mass is 167 g/mol. The van der Waals surface area contributed by atoms with E-state index in [0.717, 1.165) is 6.42 Å². The molecule has 0 spiro atoms. The Morgan fingerprint density at radius 2 is 2.00 bits per heavy atom. The fourth-order valence-electron chi connectivity index (χ4n) is 1.13. The summed E-state index contributed by atoms with van der Waals surface area (Å²) in [6, 6.07) is 0. The fourth-order valence-corrected chi connectivity index (χ4v) is 1.13. The molecule has 0 rings (SSSR count). The van der Waals surface area contributed by atoms with Crippen LogP contribution in [-0.4, -0.2) is 19.0 Å². The molecular weight excluding hydrogens is 146 g/mol. The van der Waals surface area contributed by atoms with Gasteiger partial charge in [-0.05, 0) is 18.4 Å². The minimum Gasteiger partial charge on any atom is -0.383 e. The van der Waals surface area contributed by atoms with Crippen molar-refractivity contribution < 1.29 is 0 Å². The van der Waals surface area contributed by atoms with Gasteiger partial charge in [-0.2, -0.15) is 0 Å². The second-order valence-electron chi connectivity index (χ2n) is 3.33. The van der Waals surface area contributed by atoms with E-state index in [1.54, 1.807) is 0 Å². The van der Waals surface area contributed by atoms with Gasteiger partial charge in [0.2, 0.25) is 0 Å². The van der Waals surface area contributed by atoms with E-state index >= 15 is 0 Å². The van der Waals surface area contributed by atoms with Gasteiger partial charge in [-0.1, -0.05) is 32.4 Å². The lowest BCUT2D eigenvalue weighted by Gasteiger charge is -2.08. The summed E-state index contributed by atoms with van der Waals surface area (Å²) in [6.07, 6.45) is 9.14. The van der Waals surface area contributed by atoms with Gasteiger partial charge in [-0.25, -0.2) is 0 Å². The van der Waals surface area contributed by atoms with Gasteiger partial charge in [0, 0.05) is 20.3 Å². The van der Waals surface area contributed by atoms with Crippen LogP contribution in [0.3, 0.4) is 0 Å². The first-order valence-corrected chi connectivity index (χ1v) is 4.70. The van der Waals surface area contributed by atoms with Gasteiger partial charge < -0.3 is 4.90 Å². The predicted molar refractivity (Wildman–Crippen MR) is 56.1 cm³/mol. The summed E-state index contributed by atoms with van der Waals surface area (Å²) < 4.78 is 0. The van der Waals surface area contributed by atoms with E-state index in [-0.39, 0.29) is 0 Å². The van der Waals surface area contributed by atoms with Gasteiger partial charge in [0.15, 0.2) is 0 Å². The van der Waals surface area contributed by atoms with Crippen LogP contribution in [0.2, 0.25) is 0 Å².